The lowest BCUT2D eigenvalue weighted by Gasteiger charge is -2.34. The number of ketones is 1. The molecule has 1 fully saturated rings. The molecule has 0 aliphatic carbocycles. The van der Waals surface area contributed by atoms with Gasteiger partial charge >= 0.3 is 6.09 Å². The lowest BCUT2D eigenvalue weighted by Crippen LogP contribution is -2.50. The van der Waals surface area contributed by atoms with Crippen molar-refractivity contribution in [1.82, 2.24) is 4.90 Å². The Morgan fingerprint density at radius 1 is 1.36 bits per heavy atom. The molecule has 0 spiro atoms. The van der Waals surface area contributed by atoms with Crippen LogP contribution in [0.2, 0.25) is 5.02 Å². The standard InChI is InChI=1S/C16H16BrClN2O5/c17-11-6-9(18)5-8-1-2-13(25-15(8)11)14(21)10-7-20(16(22)23)4-3-12(10)19-24/h5-6,10,13,24H,1-4,7H2,(H,22,23)/b19-12+/t10?,13-/m1/s1. The average molecular weight is 432 g/mol. The molecule has 1 aromatic carbocycles. The maximum atomic E-state index is 12.9. The van der Waals surface area contributed by atoms with Crippen LogP contribution in [0, 0.1) is 5.92 Å². The number of piperidine rings is 1. The number of ether oxygens (including phenoxy) is 1. The zero-order valence-corrected chi connectivity index (χ0v) is 15.5. The van der Waals surface area contributed by atoms with Gasteiger partial charge in [0.25, 0.3) is 0 Å². The molecule has 2 aliphatic rings. The van der Waals surface area contributed by atoms with Gasteiger partial charge in [0.05, 0.1) is 16.1 Å². The Morgan fingerprint density at radius 2 is 2.12 bits per heavy atom. The van der Waals surface area contributed by atoms with E-state index in [1.54, 1.807) is 12.1 Å². The number of carbonyl (C=O) groups excluding carboxylic acids is 1. The molecular weight excluding hydrogens is 416 g/mol. The normalized spacial score (nSPS) is 24.6. The van der Waals surface area contributed by atoms with Crippen molar-refractivity contribution in [3.63, 3.8) is 0 Å². The number of hydrogen-bond donors (Lipinski definition) is 2. The van der Waals surface area contributed by atoms with E-state index in [4.69, 9.17) is 21.4 Å². The van der Waals surface area contributed by atoms with Crippen LogP contribution in [-0.4, -0.2) is 52.0 Å². The molecule has 1 unspecified atom stereocenters. The van der Waals surface area contributed by atoms with E-state index in [1.807, 2.05) is 0 Å². The van der Waals surface area contributed by atoms with Crippen LogP contribution in [0.1, 0.15) is 18.4 Å². The number of aryl methyl sites for hydroxylation is 1. The first-order valence-electron chi connectivity index (χ1n) is 7.77. The third-order valence-electron chi connectivity index (χ3n) is 4.52. The van der Waals surface area contributed by atoms with Crippen LogP contribution in [-0.2, 0) is 11.2 Å². The van der Waals surface area contributed by atoms with Crippen LogP contribution < -0.4 is 4.74 Å². The molecule has 9 heteroatoms. The van der Waals surface area contributed by atoms with Crippen molar-refractivity contribution in [1.29, 1.82) is 0 Å². The SMILES string of the molecule is O=C(C1CN(C(=O)O)CC/C1=N\O)[C@H]1CCc2cc(Cl)cc(Br)c2O1. The summed E-state index contributed by atoms with van der Waals surface area (Å²) in [6.45, 7) is 0.180. The zero-order chi connectivity index (χ0) is 18.1. The van der Waals surface area contributed by atoms with Gasteiger partial charge in [0.1, 0.15) is 5.75 Å². The number of nitrogens with zero attached hydrogens (tertiary/aromatic N) is 2. The number of Topliss-reactive ketones (excluding diaryl/α,β-unsaturated/α-hetero) is 1. The molecule has 0 bridgehead atoms. The van der Waals surface area contributed by atoms with E-state index in [-0.39, 0.29) is 25.3 Å². The van der Waals surface area contributed by atoms with Crippen molar-refractivity contribution in [3.05, 3.63) is 27.2 Å². The van der Waals surface area contributed by atoms with Crippen LogP contribution in [0.25, 0.3) is 0 Å². The van der Waals surface area contributed by atoms with Gasteiger partial charge in [-0.3, -0.25) is 4.79 Å². The number of oxime groups is 1. The number of rotatable bonds is 2. The van der Waals surface area contributed by atoms with E-state index in [0.717, 1.165) is 10.5 Å². The first-order valence-corrected chi connectivity index (χ1v) is 8.94. The third kappa shape index (κ3) is 3.59. The summed E-state index contributed by atoms with van der Waals surface area (Å²) in [6, 6.07) is 3.50. The predicted octanol–water partition coefficient (Wildman–Crippen LogP) is 3.20. The second-order valence-electron chi connectivity index (χ2n) is 6.05. The lowest BCUT2D eigenvalue weighted by molar-refractivity contribution is -0.129. The van der Waals surface area contributed by atoms with Crippen LogP contribution >= 0.6 is 27.5 Å². The Morgan fingerprint density at radius 3 is 2.80 bits per heavy atom. The first kappa shape index (κ1) is 18.0. The highest BCUT2D eigenvalue weighted by atomic mass is 79.9. The van der Waals surface area contributed by atoms with Crippen molar-refractivity contribution >= 4 is 45.1 Å². The molecule has 1 amide bonds. The van der Waals surface area contributed by atoms with Crippen LogP contribution in [0.5, 0.6) is 5.75 Å². The minimum atomic E-state index is -1.10. The van der Waals surface area contributed by atoms with Gasteiger partial charge in [0, 0.05) is 24.5 Å². The second kappa shape index (κ2) is 7.21. The summed E-state index contributed by atoms with van der Waals surface area (Å²) in [6.07, 6.45) is -0.517. The Bertz CT molecular complexity index is 754. The highest BCUT2D eigenvalue weighted by Crippen LogP contribution is 2.38. The van der Waals surface area contributed by atoms with E-state index in [0.29, 0.717) is 33.8 Å². The summed E-state index contributed by atoms with van der Waals surface area (Å²) >= 11 is 9.42. The number of halogens is 2. The van der Waals surface area contributed by atoms with E-state index in [1.165, 1.54) is 0 Å². The molecule has 7 nitrogen and oxygen atoms in total. The average Bonchev–Trinajstić information content (AvgIpc) is 2.60. The van der Waals surface area contributed by atoms with Gasteiger partial charge in [0.2, 0.25) is 0 Å². The van der Waals surface area contributed by atoms with Crippen molar-refractivity contribution in [2.24, 2.45) is 11.1 Å². The highest BCUT2D eigenvalue weighted by Gasteiger charge is 2.39. The van der Waals surface area contributed by atoms with Crippen molar-refractivity contribution < 1.29 is 24.6 Å². The molecule has 2 heterocycles. The fourth-order valence-corrected chi connectivity index (χ4v) is 4.20. The smallest absolute Gasteiger partial charge is 0.407 e. The monoisotopic (exact) mass is 430 g/mol. The van der Waals surface area contributed by atoms with Gasteiger partial charge in [-0.25, -0.2) is 4.79 Å². The molecule has 2 N–H and O–H groups in total. The van der Waals surface area contributed by atoms with E-state index in [2.05, 4.69) is 21.1 Å². The van der Waals surface area contributed by atoms with Gasteiger partial charge < -0.3 is 20.0 Å². The van der Waals surface area contributed by atoms with Gasteiger partial charge in [0.15, 0.2) is 11.9 Å². The Hall–Kier alpha value is -1.80. The summed E-state index contributed by atoms with van der Waals surface area (Å²) in [7, 11) is 0. The Labute approximate surface area is 157 Å². The molecule has 1 saturated heterocycles. The fourth-order valence-electron chi connectivity index (χ4n) is 3.23. The van der Waals surface area contributed by atoms with Crippen LogP contribution in [0.4, 0.5) is 4.79 Å². The number of benzene rings is 1. The number of carbonyl (C=O) groups is 2. The minimum Gasteiger partial charge on any atom is -0.481 e. The molecule has 0 radical (unpaired) electrons. The first-order chi connectivity index (χ1) is 11.9. The van der Waals surface area contributed by atoms with Crippen LogP contribution in [0.3, 0.4) is 0 Å². The Balaban J connectivity index is 1.81. The molecule has 134 valence electrons. The van der Waals surface area contributed by atoms with Crippen molar-refractivity contribution in [2.75, 3.05) is 13.1 Å². The highest BCUT2D eigenvalue weighted by molar-refractivity contribution is 9.10. The molecule has 25 heavy (non-hydrogen) atoms. The molecule has 0 saturated carbocycles. The number of fused-ring (bicyclic) bond motifs is 1. The number of hydrogen-bond acceptors (Lipinski definition) is 5. The van der Waals surface area contributed by atoms with Gasteiger partial charge in [-0.15, -0.1) is 0 Å². The number of likely N-dealkylation sites (tertiary alicyclic amines) is 1. The molecular formula is C16H16BrClN2O5. The molecule has 3 rings (SSSR count). The summed E-state index contributed by atoms with van der Waals surface area (Å²) in [5.74, 6) is -0.499. The van der Waals surface area contributed by atoms with E-state index >= 15 is 0 Å². The summed E-state index contributed by atoms with van der Waals surface area (Å²) in [5, 5.41) is 22.1. The topological polar surface area (TPSA) is 99.4 Å². The molecule has 2 atom stereocenters. The van der Waals surface area contributed by atoms with Gasteiger partial charge in [-0.1, -0.05) is 16.8 Å². The van der Waals surface area contributed by atoms with Gasteiger partial charge in [-0.05, 0) is 46.5 Å². The van der Waals surface area contributed by atoms with Crippen molar-refractivity contribution in [2.45, 2.75) is 25.4 Å². The maximum Gasteiger partial charge on any atom is 0.407 e. The predicted molar refractivity (Wildman–Crippen MR) is 93.8 cm³/mol. The lowest BCUT2D eigenvalue weighted by atomic mass is 9.86. The number of amides is 1. The van der Waals surface area contributed by atoms with Crippen molar-refractivity contribution in [3.8, 4) is 5.75 Å². The van der Waals surface area contributed by atoms with Crippen LogP contribution in [0.15, 0.2) is 21.8 Å². The molecule has 1 aromatic rings. The quantitative estimate of drug-likeness (QED) is 0.553. The summed E-state index contributed by atoms with van der Waals surface area (Å²) in [4.78, 5) is 25.3. The van der Waals surface area contributed by atoms with Gasteiger partial charge in [-0.2, -0.15) is 0 Å². The fraction of sp³-hybridized carbons (Fsp3) is 0.438. The molecule has 2 aliphatic heterocycles. The Kier molecular flexibility index (Phi) is 5.19. The largest absolute Gasteiger partial charge is 0.481 e. The number of carboxylic acid groups (broad SMARTS) is 1. The zero-order valence-electron chi connectivity index (χ0n) is 13.1. The second-order valence-corrected chi connectivity index (χ2v) is 7.34. The van der Waals surface area contributed by atoms with E-state index in [9.17, 15) is 14.8 Å². The third-order valence-corrected chi connectivity index (χ3v) is 5.33. The summed E-state index contributed by atoms with van der Waals surface area (Å²) in [5.41, 5.74) is 1.21. The van der Waals surface area contributed by atoms with E-state index < -0.39 is 18.1 Å². The minimum absolute atomic E-state index is 0.0257. The summed E-state index contributed by atoms with van der Waals surface area (Å²) < 4.78 is 6.53. The maximum absolute atomic E-state index is 12.9. The molecule has 0 aromatic heterocycles.